The van der Waals surface area contributed by atoms with Crippen molar-refractivity contribution in [2.24, 2.45) is 0 Å². The predicted molar refractivity (Wildman–Crippen MR) is 102 cm³/mol. The quantitative estimate of drug-likeness (QED) is 0.409. The van der Waals surface area contributed by atoms with E-state index >= 15 is 0 Å². The number of ether oxygens (including phenoxy) is 1. The number of allylic oxidation sites excluding steroid dienone is 1. The lowest BCUT2D eigenvalue weighted by molar-refractivity contribution is -0.146. The molecule has 6 heteroatoms. The number of nitrogens with zero attached hydrogens (tertiary/aromatic N) is 2. The molecule has 0 bridgehead atoms. The van der Waals surface area contributed by atoms with Crippen LogP contribution in [0.2, 0.25) is 0 Å². The molecular formula is C21H19N3O3. The van der Waals surface area contributed by atoms with Gasteiger partial charge in [0.1, 0.15) is 11.6 Å². The summed E-state index contributed by atoms with van der Waals surface area (Å²) in [6.45, 7) is 3.48. The minimum atomic E-state index is -0.967. The summed E-state index contributed by atoms with van der Waals surface area (Å²) in [5.74, 6) is -0.591. The number of benzene rings is 2. The lowest BCUT2D eigenvalue weighted by atomic mass is 10.1. The zero-order valence-corrected chi connectivity index (χ0v) is 15.1. The van der Waals surface area contributed by atoms with Crippen LogP contribution in [0.25, 0.3) is 16.6 Å². The first-order valence-electron chi connectivity index (χ1n) is 8.51. The van der Waals surface area contributed by atoms with Gasteiger partial charge in [-0.1, -0.05) is 42.0 Å². The Morgan fingerprint density at radius 3 is 2.63 bits per heavy atom. The molecule has 1 aromatic heterocycles. The van der Waals surface area contributed by atoms with E-state index in [1.54, 1.807) is 6.07 Å². The third kappa shape index (κ3) is 4.15. The molecule has 0 saturated heterocycles. The van der Waals surface area contributed by atoms with E-state index < -0.39 is 12.1 Å². The number of aromatic amines is 1. The number of esters is 1. The number of aromatic nitrogens is 2. The van der Waals surface area contributed by atoms with E-state index in [0.717, 1.165) is 16.6 Å². The molecule has 0 amide bonds. The molecule has 2 N–H and O–H groups in total. The first kappa shape index (κ1) is 18.2. The lowest BCUT2D eigenvalue weighted by Crippen LogP contribution is -2.19. The third-order valence-corrected chi connectivity index (χ3v) is 4.16. The minimum Gasteiger partial charge on any atom is -0.507 e. The van der Waals surface area contributed by atoms with Crippen molar-refractivity contribution in [3.63, 3.8) is 0 Å². The van der Waals surface area contributed by atoms with Gasteiger partial charge < -0.3 is 14.8 Å². The van der Waals surface area contributed by atoms with Crippen LogP contribution in [0, 0.1) is 18.3 Å². The Morgan fingerprint density at radius 2 is 1.96 bits per heavy atom. The molecule has 0 saturated carbocycles. The maximum absolute atomic E-state index is 12.1. The summed E-state index contributed by atoms with van der Waals surface area (Å²) in [5, 5.41) is 19.9. The van der Waals surface area contributed by atoms with Crippen LogP contribution < -0.4 is 0 Å². The van der Waals surface area contributed by atoms with Gasteiger partial charge in [-0.3, -0.25) is 4.79 Å². The largest absolute Gasteiger partial charge is 0.507 e. The monoisotopic (exact) mass is 361 g/mol. The van der Waals surface area contributed by atoms with E-state index in [2.05, 4.69) is 9.97 Å². The Kier molecular flexibility index (Phi) is 5.23. The van der Waals surface area contributed by atoms with Crippen molar-refractivity contribution in [1.82, 2.24) is 9.97 Å². The zero-order chi connectivity index (χ0) is 19.4. The number of carbonyl (C=O) groups is 1. The van der Waals surface area contributed by atoms with Crippen molar-refractivity contribution in [3.05, 3.63) is 71.2 Å². The highest BCUT2D eigenvalue weighted by atomic mass is 16.6. The first-order valence-corrected chi connectivity index (χ1v) is 8.51. The number of imidazole rings is 1. The first-order chi connectivity index (χ1) is 13.0. The molecule has 0 aliphatic carbocycles. The summed E-state index contributed by atoms with van der Waals surface area (Å²) in [6, 6.07) is 16.8. The summed E-state index contributed by atoms with van der Waals surface area (Å²) in [5.41, 5.74) is 3.29. The number of H-pyrrole nitrogens is 1. The van der Waals surface area contributed by atoms with Crippen molar-refractivity contribution in [3.8, 4) is 6.07 Å². The molecule has 6 nitrogen and oxygen atoms in total. The maximum atomic E-state index is 12.1. The number of hydrogen-bond donors (Lipinski definition) is 2. The van der Waals surface area contributed by atoms with Crippen molar-refractivity contribution in [2.75, 3.05) is 0 Å². The second-order valence-electron chi connectivity index (χ2n) is 6.27. The number of nitriles is 1. The fraction of sp³-hybridized carbons (Fsp3) is 0.190. The number of hydrogen-bond acceptors (Lipinski definition) is 5. The van der Waals surface area contributed by atoms with E-state index in [0.29, 0.717) is 5.52 Å². The number of para-hydroxylation sites is 2. The molecule has 2 aromatic carbocycles. The lowest BCUT2D eigenvalue weighted by Gasteiger charge is -2.13. The molecule has 27 heavy (non-hydrogen) atoms. The SMILES string of the molecule is Cc1ccc(CC(=O)O[C@H](C)/C(O)=C(\C#N)c2nc3ccccc3[nH]2)cc1. The molecule has 0 spiro atoms. The summed E-state index contributed by atoms with van der Waals surface area (Å²) in [4.78, 5) is 19.4. The Morgan fingerprint density at radius 1 is 1.26 bits per heavy atom. The van der Waals surface area contributed by atoms with Gasteiger partial charge in [-0.2, -0.15) is 5.26 Å². The van der Waals surface area contributed by atoms with Gasteiger partial charge in [0.05, 0.1) is 17.5 Å². The molecule has 1 atom stereocenters. The van der Waals surface area contributed by atoms with Crippen LogP contribution in [0.1, 0.15) is 23.9 Å². The summed E-state index contributed by atoms with van der Waals surface area (Å²) in [6.07, 6.45) is -0.879. The fourth-order valence-corrected chi connectivity index (χ4v) is 2.67. The molecule has 0 aliphatic rings. The summed E-state index contributed by atoms with van der Waals surface area (Å²) < 4.78 is 5.29. The Hall–Kier alpha value is -3.59. The van der Waals surface area contributed by atoms with Crippen molar-refractivity contribution in [2.45, 2.75) is 26.4 Å². The number of rotatable bonds is 5. The summed E-state index contributed by atoms with van der Waals surface area (Å²) in [7, 11) is 0. The normalized spacial score (nSPS) is 12.9. The van der Waals surface area contributed by atoms with Gasteiger partial charge in [-0.15, -0.1) is 0 Å². The standard InChI is InChI=1S/C21H19N3O3/c1-13-7-9-15(10-8-13)11-19(25)27-14(2)20(26)16(12-22)21-23-17-5-3-4-6-18(17)24-21/h3-10,14,26H,11H2,1-2H3,(H,23,24)/b20-16-/t14-/m1/s1. The minimum absolute atomic E-state index is 0.0539. The molecule has 0 unspecified atom stereocenters. The number of aryl methyl sites for hydroxylation is 1. The molecule has 0 aliphatic heterocycles. The predicted octanol–water partition coefficient (Wildman–Crippen LogP) is 3.84. The van der Waals surface area contributed by atoms with Crippen molar-refractivity contribution < 1.29 is 14.6 Å². The van der Waals surface area contributed by atoms with Crippen LogP contribution in [0.4, 0.5) is 0 Å². The van der Waals surface area contributed by atoms with Gasteiger partial charge in [0.25, 0.3) is 0 Å². The van der Waals surface area contributed by atoms with Gasteiger partial charge in [-0.05, 0) is 31.5 Å². The second kappa shape index (κ2) is 7.75. The Bertz CT molecular complexity index is 1010. The van der Waals surface area contributed by atoms with Crippen LogP contribution in [0.5, 0.6) is 0 Å². The van der Waals surface area contributed by atoms with Gasteiger partial charge in [0.2, 0.25) is 0 Å². The van der Waals surface area contributed by atoms with Gasteiger partial charge in [0, 0.05) is 0 Å². The average Bonchev–Trinajstić information content (AvgIpc) is 3.07. The molecule has 0 radical (unpaired) electrons. The van der Waals surface area contributed by atoms with E-state index in [-0.39, 0.29) is 23.6 Å². The van der Waals surface area contributed by atoms with Crippen LogP contribution in [0.15, 0.2) is 54.3 Å². The van der Waals surface area contributed by atoms with Gasteiger partial charge in [-0.25, -0.2) is 4.98 Å². The fourth-order valence-electron chi connectivity index (χ4n) is 2.67. The highest BCUT2D eigenvalue weighted by molar-refractivity contribution is 5.83. The topological polar surface area (TPSA) is 99.0 Å². The molecule has 3 rings (SSSR count). The van der Waals surface area contributed by atoms with Crippen LogP contribution >= 0.6 is 0 Å². The van der Waals surface area contributed by atoms with Crippen LogP contribution in [0.3, 0.4) is 0 Å². The second-order valence-corrected chi connectivity index (χ2v) is 6.27. The Labute approximate surface area is 156 Å². The molecule has 1 heterocycles. The molecule has 136 valence electrons. The highest BCUT2D eigenvalue weighted by Crippen LogP contribution is 2.21. The summed E-state index contributed by atoms with van der Waals surface area (Å²) >= 11 is 0. The number of fused-ring (bicyclic) bond motifs is 1. The van der Waals surface area contributed by atoms with Crippen LogP contribution in [-0.4, -0.2) is 27.1 Å². The third-order valence-electron chi connectivity index (χ3n) is 4.16. The van der Waals surface area contributed by atoms with E-state index in [9.17, 15) is 15.2 Å². The van der Waals surface area contributed by atoms with E-state index in [1.807, 2.05) is 55.5 Å². The zero-order valence-electron chi connectivity index (χ0n) is 15.1. The van der Waals surface area contributed by atoms with Crippen molar-refractivity contribution in [1.29, 1.82) is 5.26 Å². The Balaban J connectivity index is 1.76. The molecule has 0 fully saturated rings. The number of aliphatic hydroxyl groups is 1. The van der Waals surface area contributed by atoms with Gasteiger partial charge >= 0.3 is 5.97 Å². The highest BCUT2D eigenvalue weighted by Gasteiger charge is 2.21. The number of aliphatic hydroxyl groups excluding tert-OH is 1. The van der Waals surface area contributed by atoms with Crippen molar-refractivity contribution >= 4 is 22.6 Å². The molecule has 3 aromatic rings. The molecular weight excluding hydrogens is 342 g/mol. The van der Waals surface area contributed by atoms with Gasteiger partial charge in [0.15, 0.2) is 17.7 Å². The number of nitrogens with one attached hydrogen (secondary N) is 1. The average molecular weight is 361 g/mol. The maximum Gasteiger partial charge on any atom is 0.310 e. The van der Waals surface area contributed by atoms with E-state index in [1.165, 1.54) is 6.92 Å². The number of carbonyl (C=O) groups excluding carboxylic acids is 1. The van der Waals surface area contributed by atoms with Crippen LogP contribution in [-0.2, 0) is 16.0 Å². The van der Waals surface area contributed by atoms with E-state index in [4.69, 9.17) is 4.74 Å². The smallest absolute Gasteiger partial charge is 0.310 e.